The molecule has 3 aromatic rings. The number of hydrazine groups is 1. The molecule has 21 heavy (non-hydrogen) atoms. The number of hydrogen-bond donors (Lipinski definition) is 2. The topological polar surface area (TPSA) is 117 Å². The summed E-state index contributed by atoms with van der Waals surface area (Å²) in [5.41, 5.74) is 3.91. The second-order valence-electron chi connectivity index (χ2n) is 4.54. The number of hydrogen-bond acceptors (Lipinski definition) is 8. The van der Waals surface area contributed by atoms with Gasteiger partial charge in [-0.3, -0.25) is 5.43 Å². The second-order valence-corrected chi connectivity index (χ2v) is 4.54. The number of nitrogen functional groups attached to an aromatic ring is 1. The Kier molecular flexibility index (Phi) is 3.32. The number of para-hydroxylation sites is 1. The fraction of sp³-hybridized carbons (Fsp3) is 0.250. The van der Waals surface area contributed by atoms with E-state index in [-0.39, 0.29) is 24.0 Å². The molecular formula is C12H14N8O. The van der Waals surface area contributed by atoms with E-state index < -0.39 is 0 Å². The van der Waals surface area contributed by atoms with Crippen LogP contribution in [-0.4, -0.2) is 36.0 Å². The quantitative estimate of drug-likeness (QED) is 0.531. The standard InChI is InChI=1S/C12H14N8O/c1-7(2)21-12-15-10(17-13)14-11(16-12)20-9-6-4-3-5-8(9)18-19-20/h3-7H,13H2,1-2H3,(H,14,15,16,17). The Balaban J connectivity index is 2.12. The molecule has 0 aliphatic carbocycles. The molecule has 0 fully saturated rings. The summed E-state index contributed by atoms with van der Waals surface area (Å²) in [6, 6.07) is 7.67. The molecule has 0 aliphatic rings. The van der Waals surface area contributed by atoms with E-state index in [4.69, 9.17) is 10.6 Å². The molecule has 1 aromatic carbocycles. The summed E-state index contributed by atoms with van der Waals surface area (Å²) < 4.78 is 6.99. The third kappa shape index (κ3) is 2.58. The van der Waals surface area contributed by atoms with Gasteiger partial charge in [-0.2, -0.15) is 19.6 Å². The average Bonchev–Trinajstić information content (AvgIpc) is 2.90. The van der Waals surface area contributed by atoms with Crippen molar-refractivity contribution in [3.8, 4) is 12.0 Å². The van der Waals surface area contributed by atoms with Gasteiger partial charge in [-0.05, 0) is 26.0 Å². The van der Waals surface area contributed by atoms with Crippen LogP contribution in [0.2, 0.25) is 0 Å². The van der Waals surface area contributed by atoms with Crippen LogP contribution in [0.15, 0.2) is 24.3 Å². The smallest absolute Gasteiger partial charge is 0.323 e. The maximum Gasteiger partial charge on any atom is 0.323 e. The van der Waals surface area contributed by atoms with Crippen LogP contribution < -0.4 is 16.0 Å². The van der Waals surface area contributed by atoms with Gasteiger partial charge in [0.25, 0.3) is 5.95 Å². The van der Waals surface area contributed by atoms with Crippen molar-refractivity contribution in [3.63, 3.8) is 0 Å². The van der Waals surface area contributed by atoms with E-state index in [2.05, 4.69) is 30.7 Å². The van der Waals surface area contributed by atoms with Crippen LogP contribution in [-0.2, 0) is 0 Å². The summed E-state index contributed by atoms with van der Waals surface area (Å²) >= 11 is 0. The Morgan fingerprint density at radius 1 is 1.19 bits per heavy atom. The Morgan fingerprint density at radius 3 is 2.76 bits per heavy atom. The lowest BCUT2D eigenvalue weighted by molar-refractivity contribution is 0.221. The molecule has 9 nitrogen and oxygen atoms in total. The molecule has 0 saturated carbocycles. The van der Waals surface area contributed by atoms with E-state index in [1.165, 1.54) is 4.68 Å². The van der Waals surface area contributed by atoms with Crippen LogP contribution in [0.25, 0.3) is 17.0 Å². The molecule has 0 spiro atoms. The maximum atomic E-state index is 5.49. The van der Waals surface area contributed by atoms with Crippen molar-refractivity contribution in [1.29, 1.82) is 0 Å². The van der Waals surface area contributed by atoms with Gasteiger partial charge in [0.15, 0.2) is 0 Å². The van der Waals surface area contributed by atoms with Crippen molar-refractivity contribution >= 4 is 17.0 Å². The molecule has 0 saturated heterocycles. The number of ether oxygens (including phenoxy) is 1. The first-order chi connectivity index (χ1) is 10.2. The van der Waals surface area contributed by atoms with Crippen LogP contribution in [0.4, 0.5) is 5.95 Å². The molecule has 9 heteroatoms. The highest BCUT2D eigenvalue weighted by molar-refractivity contribution is 5.75. The molecule has 0 unspecified atom stereocenters. The first-order valence-electron chi connectivity index (χ1n) is 6.37. The van der Waals surface area contributed by atoms with Gasteiger partial charge in [-0.15, -0.1) is 5.10 Å². The van der Waals surface area contributed by atoms with Gasteiger partial charge in [0.2, 0.25) is 5.95 Å². The highest BCUT2D eigenvalue weighted by Gasteiger charge is 2.13. The Labute approximate surface area is 120 Å². The fourth-order valence-electron chi connectivity index (χ4n) is 1.79. The Bertz CT molecular complexity index is 769. The first kappa shape index (κ1) is 13.2. The normalized spacial score (nSPS) is 11.0. The molecule has 0 amide bonds. The van der Waals surface area contributed by atoms with Crippen LogP contribution in [0.5, 0.6) is 6.01 Å². The minimum atomic E-state index is -0.0710. The monoisotopic (exact) mass is 286 g/mol. The molecule has 108 valence electrons. The lowest BCUT2D eigenvalue weighted by Crippen LogP contribution is -2.17. The largest absolute Gasteiger partial charge is 0.461 e. The predicted octanol–water partition coefficient (Wildman–Crippen LogP) is 0.678. The van der Waals surface area contributed by atoms with Gasteiger partial charge in [-0.25, -0.2) is 5.84 Å². The van der Waals surface area contributed by atoms with Crippen LogP contribution >= 0.6 is 0 Å². The summed E-state index contributed by atoms with van der Waals surface area (Å²) in [7, 11) is 0. The van der Waals surface area contributed by atoms with E-state index in [0.29, 0.717) is 0 Å². The van der Waals surface area contributed by atoms with Crippen molar-refractivity contribution in [3.05, 3.63) is 24.3 Å². The van der Waals surface area contributed by atoms with Gasteiger partial charge in [0.1, 0.15) is 5.52 Å². The Morgan fingerprint density at radius 2 is 2.00 bits per heavy atom. The van der Waals surface area contributed by atoms with Crippen molar-refractivity contribution in [2.24, 2.45) is 5.84 Å². The molecular weight excluding hydrogens is 272 g/mol. The third-order valence-electron chi connectivity index (χ3n) is 2.61. The molecule has 0 aliphatic heterocycles. The van der Waals surface area contributed by atoms with Gasteiger partial charge in [0, 0.05) is 0 Å². The lowest BCUT2D eigenvalue weighted by Gasteiger charge is -2.10. The highest BCUT2D eigenvalue weighted by Crippen LogP contribution is 2.16. The Hall–Kier alpha value is -2.81. The van der Waals surface area contributed by atoms with Gasteiger partial charge >= 0.3 is 6.01 Å². The summed E-state index contributed by atoms with van der Waals surface area (Å²) in [6.07, 6.45) is -0.0710. The van der Waals surface area contributed by atoms with E-state index in [1.807, 2.05) is 38.1 Å². The highest BCUT2D eigenvalue weighted by atomic mass is 16.5. The minimum absolute atomic E-state index is 0.0710. The number of nitrogens with two attached hydrogens (primary N) is 1. The van der Waals surface area contributed by atoms with Gasteiger partial charge < -0.3 is 4.74 Å². The van der Waals surface area contributed by atoms with E-state index in [1.54, 1.807) is 0 Å². The molecule has 2 heterocycles. The van der Waals surface area contributed by atoms with Gasteiger partial charge in [-0.1, -0.05) is 17.3 Å². The SMILES string of the molecule is CC(C)Oc1nc(NN)nc(-n2nnc3ccccc32)n1. The summed E-state index contributed by atoms with van der Waals surface area (Å²) in [4.78, 5) is 12.4. The van der Waals surface area contributed by atoms with Crippen LogP contribution in [0.3, 0.4) is 0 Å². The zero-order valence-corrected chi connectivity index (χ0v) is 11.6. The molecule has 2 aromatic heterocycles. The second kappa shape index (κ2) is 5.29. The summed E-state index contributed by atoms with van der Waals surface area (Å²) in [5.74, 6) is 5.85. The van der Waals surface area contributed by atoms with Crippen LogP contribution in [0, 0.1) is 0 Å². The number of aromatic nitrogens is 6. The lowest BCUT2D eigenvalue weighted by atomic mass is 10.3. The van der Waals surface area contributed by atoms with Crippen molar-refractivity contribution < 1.29 is 4.74 Å². The number of nitrogens with one attached hydrogen (secondary N) is 1. The molecule has 0 atom stereocenters. The summed E-state index contributed by atoms with van der Waals surface area (Å²) in [6.45, 7) is 3.76. The predicted molar refractivity (Wildman–Crippen MR) is 75.8 cm³/mol. The van der Waals surface area contributed by atoms with Crippen LogP contribution in [0.1, 0.15) is 13.8 Å². The number of anilines is 1. The third-order valence-corrected chi connectivity index (χ3v) is 2.61. The molecule has 3 rings (SSSR count). The van der Waals surface area contributed by atoms with Crippen molar-refractivity contribution in [2.75, 3.05) is 5.43 Å². The zero-order valence-electron chi connectivity index (χ0n) is 11.6. The van der Waals surface area contributed by atoms with Gasteiger partial charge in [0.05, 0.1) is 11.6 Å². The van der Waals surface area contributed by atoms with E-state index in [0.717, 1.165) is 11.0 Å². The number of fused-ring (bicyclic) bond motifs is 1. The number of benzene rings is 1. The molecule has 0 radical (unpaired) electrons. The maximum absolute atomic E-state index is 5.49. The van der Waals surface area contributed by atoms with E-state index in [9.17, 15) is 0 Å². The van der Waals surface area contributed by atoms with Crippen molar-refractivity contribution in [2.45, 2.75) is 20.0 Å². The average molecular weight is 286 g/mol. The molecule has 0 bridgehead atoms. The molecule has 3 N–H and O–H groups in total. The zero-order chi connectivity index (χ0) is 14.8. The number of nitrogens with zero attached hydrogens (tertiary/aromatic N) is 6. The fourth-order valence-corrected chi connectivity index (χ4v) is 1.79. The number of rotatable bonds is 4. The first-order valence-corrected chi connectivity index (χ1v) is 6.37. The van der Waals surface area contributed by atoms with Crippen molar-refractivity contribution in [1.82, 2.24) is 29.9 Å². The summed E-state index contributed by atoms with van der Waals surface area (Å²) in [5, 5.41) is 8.11. The minimum Gasteiger partial charge on any atom is -0.461 e. The van der Waals surface area contributed by atoms with E-state index >= 15 is 0 Å².